The number of amides is 1. The molecule has 0 radical (unpaired) electrons. The molecular formula is C35H41N3OSi. The number of fused-ring (bicyclic) bond motifs is 4. The summed E-state index contributed by atoms with van der Waals surface area (Å²) in [6.45, 7) is 13.0. The van der Waals surface area contributed by atoms with Crippen molar-refractivity contribution in [2.75, 3.05) is 38.1 Å². The Kier molecular flexibility index (Phi) is 7.03. The van der Waals surface area contributed by atoms with Gasteiger partial charge in [0.25, 0.3) is 5.91 Å². The van der Waals surface area contributed by atoms with Gasteiger partial charge in [0.1, 0.15) is 8.07 Å². The average molecular weight is 548 g/mol. The lowest BCUT2D eigenvalue weighted by Gasteiger charge is -2.37. The third-order valence-corrected chi connectivity index (χ3v) is 12.6. The number of likely N-dealkylation sites (N-methyl/N-ethyl adjacent to an activating group) is 1. The van der Waals surface area contributed by atoms with Crippen LogP contribution in [0.5, 0.6) is 0 Å². The third kappa shape index (κ3) is 4.35. The van der Waals surface area contributed by atoms with Gasteiger partial charge >= 0.3 is 0 Å². The lowest BCUT2D eigenvalue weighted by Crippen LogP contribution is -2.64. The maximum Gasteiger partial charge on any atom is 0.254 e. The average Bonchev–Trinajstić information content (AvgIpc) is 2.98. The van der Waals surface area contributed by atoms with E-state index in [2.05, 4.69) is 80.4 Å². The van der Waals surface area contributed by atoms with Crippen molar-refractivity contribution in [3.05, 3.63) is 93.0 Å². The molecule has 0 aliphatic carbocycles. The molecule has 0 aromatic heterocycles. The largest absolute Gasteiger partial charge is 0.368 e. The molecule has 3 aromatic rings. The zero-order valence-corrected chi connectivity index (χ0v) is 25.7. The number of rotatable bonds is 6. The summed E-state index contributed by atoms with van der Waals surface area (Å²) in [5, 5.41) is 5.38. The Morgan fingerprint density at radius 1 is 1.05 bits per heavy atom. The molecule has 3 heterocycles. The van der Waals surface area contributed by atoms with Crippen LogP contribution in [-0.4, -0.2) is 52.1 Å². The van der Waals surface area contributed by atoms with E-state index in [0.717, 1.165) is 63.0 Å². The van der Waals surface area contributed by atoms with Crippen molar-refractivity contribution in [1.82, 2.24) is 4.90 Å². The summed E-state index contributed by atoms with van der Waals surface area (Å²) in [6, 6.07) is 18.0. The molecule has 0 saturated heterocycles. The molecule has 3 aromatic carbocycles. The normalized spacial score (nSPS) is 16.4. The number of hydrogen-bond acceptors (Lipinski definition) is 3. The molecule has 1 amide bonds. The number of unbranched alkanes of at least 4 members (excludes halogenated alkanes) is 1. The predicted octanol–water partition coefficient (Wildman–Crippen LogP) is 4.36. The van der Waals surface area contributed by atoms with Crippen molar-refractivity contribution >= 4 is 41.7 Å². The second-order valence-corrected chi connectivity index (χ2v) is 16.4. The number of nitrogens with zero attached hydrogens (tertiary/aromatic N) is 3. The van der Waals surface area contributed by atoms with Crippen molar-refractivity contribution in [2.45, 2.75) is 52.6 Å². The molecule has 0 atom stereocenters. The van der Waals surface area contributed by atoms with Gasteiger partial charge in [-0.2, -0.15) is 0 Å². The third-order valence-electron chi connectivity index (χ3n) is 9.12. The van der Waals surface area contributed by atoms with Crippen molar-refractivity contribution in [3.8, 4) is 0 Å². The van der Waals surface area contributed by atoms with Crippen molar-refractivity contribution < 1.29 is 4.79 Å². The first kappa shape index (κ1) is 26.8. The Hall–Kier alpha value is -3.44. The minimum absolute atomic E-state index is 0.102. The van der Waals surface area contributed by atoms with E-state index in [1.54, 1.807) is 0 Å². The smallest absolute Gasteiger partial charge is 0.254 e. The summed E-state index contributed by atoms with van der Waals surface area (Å²) in [5.41, 5.74) is 8.29. The molecule has 0 bridgehead atoms. The van der Waals surface area contributed by atoms with Gasteiger partial charge in [-0.05, 0) is 99.9 Å². The van der Waals surface area contributed by atoms with Crippen LogP contribution in [-0.2, 0) is 6.42 Å². The van der Waals surface area contributed by atoms with Gasteiger partial charge in [-0.15, -0.1) is 0 Å². The summed E-state index contributed by atoms with van der Waals surface area (Å²) in [7, 11) is -0.137. The van der Waals surface area contributed by atoms with Crippen LogP contribution in [0.2, 0.25) is 13.1 Å². The molecule has 0 unspecified atom stereocenters. The SMILES string of the molecule is CCCCN(C)C(=O)c1ccccc1C1=c2cc3c(cc2[Si](C)(C)c2cc4c(cc21)C=CCN4CC)=NCCC3. The van der Waals surface area contributed by atoms with Gasteiger partial charge in [0.2, 0.25) is 0 Å². The number of benzene rings is 3. The monoisotopic (exact) mass is 547 g/mol. The molecule has 3 aliphatic heterocycles. The number of carbonyl (C=O) groups is 1. The van der Waals surface area contributed by atoms with E-state index in [-0.39, 0.29) is 5.91 Å². The number of aryl methyl sites for hydroxylation is 1. The maximum absolute atomic E-state index is 13.9. The van der Waals surface area contributed by atoms with Gasteiger partial charge in [-0.3, -0.25) is 9.79 Å². The van der Waals surface area contributed by atoms with Gasteiger partial charge in [0, 0.05) is 44.5 Å². The highest BCUT2D eigenvalue weighted by atomic mass is 28.3. The summed E-state index contributed by atoms with van der Waals surface area (Å²) in [4.78, 5) is 23.2. The van der Waals surface area contributed by atoms with Crippen LogP contribution < -0.4 is 25.8 Å². The van der Waals surface area contributed by atoms with E-state index >= 15 is 0 Å². The molecular weight excluding hydrogens is 506 g/mol. The molecule has 6 rings (SSSR count). The lowest BCUT2D eigenvalue weighted by molar-refractivity contribution is 0.0793. The minimum atomic E-state index is -2.08. The fourth-order valence-electron chi connectivity index (χ4n) is 6.78. The van der Waals surface area contributed by atoms with Crippen LogP contribution in [0.1, 0.15) is 65.7 Å². The Morgan fingerprint density at radius 3 is 2.67 bits per heavy atom. The first-order valence-electron chi connectivity index (χ1n) is 15.0. The summed E-state index contributed by atoms with van der Waals surface area (Å²) in [6.07, 6.45) is 8.79. The highest BCUT2D eigenvalue weighted by molar-refractivity contribution is 7.01. The van der Waals surface area contributed by atoms with Gasteiger partial charge in [0.15, 0.2) is 0 Å². The zero-order chi connectivity index (χ0) is 28.0. The van der Waals surface area contributed by atoms with Gasteiger partial charge in [-0.1, -0.05) is 56.8 Å². The van der Waals surface area contributed by atoms with E-state index in [4.69, 9.17) is 4.99 Å². The standard InChI is InChI=1S/C35H41N3OSi/c1-6-8-18-37(3)35(39)27-16-10-9-15-26(27)34-28-20-24-13-11-17-36-30(24)22-32(28)40(4,5)33-23-31-25(21-29(33)34)14-12-19-38(31)7-2/h9-10,12,14-16,20-23H,6-8,11,13,17-19H2,1-5H3. The predicted molar refractivity (Wildman–Crippen MR) is 170 cm³/mol. The van der Waals surface area contributed by atoms with Crippen molar-refractivity contribution in [2.24, 2.45) is 4.99 Å². The van der Waals surface area contributed by atoms with E-state index < -0.39 is 8.07 Å². The van der Waals surface area contributed by atoms with Crippen LogP contribution in [0.15, 0.2) is 59.6 Å². The van der Waals surface area contributed by atoms with Gasteiger partial charge in [-0.25, -0.2) is 0 Å². The highest BCUT2D eigenvalue weighted by Crippen LogP contribution is 2.34. The van der Waals surface area contributed by atoms with Crippen LogP contribution in [0, 0.1) is 0 Å². The molecule has 5 heteroatoms. The van der Waals surface area contributed by atoms with Crippen molar-refractivity contribution in [3.63, 3.8) is 0 Å². The fourth-order valence-corrected chi connectivity index (χ4v) is 9.81. The van der Waals surface area contributed by atoms with Crippen molar-refractivity contribution in [1.29, 1.82) is 0 Å². The molecule has 0 N–H and O–H groups in total. The first-order chi connectivity index (χ1) is 19.3. The number of hydrogen-bond donors (Lipinski definition) is 0. The molecule has 0 fully saturated rings. The van der Waals surface area contributed by atoms with Gasteiger partial charge in [0.05, 0.1) is 5.36 Å². The fraction of sp³-hybridized carbons (Fsp3) is 0.371. The summed E-state index contributed by atoms with van der Waals surface area (Å²) in [5.74, 6) is 0.102. The Labute approximate surface area is 239 Å². The number of carbonyl (C=O) groups excluding carboxylic acids is 1. The summed E-state index contributed by atoms with van der Waals surface area (Å²) >= 11 is 0. The van der Waals surface area contributed by atoms with Crippen LogP contribution in [0.4, 0.5) is 5.69 Å². The Morgan fingerprint density at radius 2 is 1.88 bits per heavy atom. The Bertz CT molecular complexity index is 1650. The topological polar surface area (TPSA) is 35.9 Å². The second-order valence-electron chi connectivity index (χ2n) is 12.0. The summed E-state index contributed by atoms with van der Waals surface area (Å²) < 4.78 is 0. The lowest BCUT2D eigenvalue weighted by atomic mass is 9.88. The van der Waals surface area contributed by atoms with E-state index in [1.165, 1.54) is 48.9 Å². The quantitative estimate of drug-likeness (QED) is 0.430. The van der Waals surface area contributed by atoms with Gasteiger partial charge < -0.3 is 9.80 Å². The molecule has 3 aliphatic rings. The molecule has 4 nitrogen and oxygen atoms in total. The molecule has 40 heavy (non-hydrogen) atoms. The minimum Gasteiger partial charge on any atom is -0.368 e. The maximum atomic E-state index is 13.9. The number of anilines is 1. The molecule has 0 saturated carbocycles. The Balaban J connectivity index is 1.69. The van der Waals surface area contributed by atoms with E-state index in [1.807, 2.05) is 24.1 Å². The molecule has 0 spiro atoms. The zero-order valence-electron chi connectivity index (χ0n) is 24.7. The molecule has 206 valence electrons. The van der Waals surface area contributed by atoms with E-state index in [9.17, 15) is 4.79 Å². The van der Waals surface area contributed by atoms with Crippen LogP contribution in [0.25, 0.3) is 11.6 Å². The van der Waals surface area contributed by atoms with E-state index in [0.29, 0.717) is 0 Å². The highest BCUT2D eigenvalue weighted by Gasteiger charge is 2.37. The van der Waals surface area contributed by atoms with Crippen LogP contribution >= 0.6 is 0 Å². The first-order valence-corrected chi connectivity index (χ1v) is 18.0. The van der Waals surface area contributed by atoms with Crippen LogP contribution in [0.3, 0.4) is 0 Å². The second kappa shape index (κ2) is 10.5.